The number of amides is 1. The minimum atomic E-state index is 0.220. The summed E-state index contributed by atoms with van der Waals surface area (Å²) in [6.45, 7) is 6.58. The van der Waals surface area contributed by atoms with Crippen molar-refractivity contribution in [3.8, 4) is 5.75 Å². The van der Waals surface area contributed by atoms with Gasteiger partial charge in [0.05, 0.1) is 17.6 Å². The van der Waals surface area contributed by atoms with E-state index < -0.39 is 0 Å². The van der Waals surface area contributed by atoms with Crippen molar-refractivity contribution in [2.75, 3.05) is 13.2 Å². The molecule has 2 aromatic carbocycles. The molecule has 164 valence electrons. The van der Waals surface area contributed by atoms with E-state index in [0.717, 1.165) is 75.3 Å². The van der Waals surface area contributed by atoms with Crippen LogP contribution in [0.3, 0.4) is 0 Å². The number of hydrogen-bond donors (Lipinski definition) is 1. The molecule has 1 heterocycles. The number of nitrogens with zero attached hydrogens (tertiary/aromatic N) is 2. The number of carbonyl (C=O) groups excluding carboxylic acids is 1. The molecular formula is C26H33N3O2. The van der Waals surface area contributed by atoms with Crippen LogP contribution in [-0.2, 0) is 17.8 Å². The molecule has 0 unspecified atom stereocenters. The van der Waals surface area contributed by atoms with Crippen LogP contribution in [0.2, 0.25) is 0 Å². The van der Waals surface area contributed by atoms with Crippen molar-refractivity contribution in [3.05, 3.63) is 59.4 Å². The number of aromatic nitrogens is 2. The first-order valence-corrected chi connectivity index (χ1v) is 11.5. The standard InChI is InChI=1S/C26H33N3O2/c1-19-11-14-24(20(2)18-19)31-17-6-5-16-29-23-9-4-3-8-22(23)28-25(29)10-7-15-27-26(30)21-12-13-21/h3-4,8-9,11,14,18,21H,5-7,10,12-13,15-17H2,1-2H3,(H,27,30). The minimum absolute atomic E-state index is 0.220. The van der Waals surface area contributed by atoms with Crippen LogP contribution in [0, 0.1) is 19.8 Å². The Morgan fingerprint density at radius 1 is 1.13 bits per heavy atom. The highest BCUT2D eigenvalue weighted by Gasteiger charge is 2.29. The lowest BCUT2D eigenvalue weighted by Gasteiger charge is -2.12. The fourth-order valence-electron chi connectivity index (χ4n) is 4.03. The normalized spacial score (nSPS) is 13.5. The molecule has 1 N–H and O–H groups in total. The molecule has 1 amide bonds. The summed E-state index contributed by atoms with van der Waals surface area (Å²) in [5.41, 5.74) is 4.69. The number of para-hydroxylation sites is 2. The lowest BCUT2D eigenvalue weighted by Crippen LogP contribution is -2.26. The average molecular weight is 420 g/mol. The highest BCUT2D eigenvalue weighted by atomic mass is 16.5. The Balaban J connectivity index is 1.29. The van der Waals surface area contributed by atoms with Crippen LogP contribution in [0.25, 0.3) is 11.0 Å². The molecule has 0 bridgehead atoms. The zero-order chi connectivity index (χ0) is 21.6. The molecule has 0 atom stereocenters. The Hall–Kier alpha value is -2.82. The molecule has 1 aliphatic rings. The van der Waals surface area contributed by atoms with E-state index in [4.69, 9.17) is 9.72 Å². The van der Waals surface area contributed by atoms with Gasteiger partial charge in [-0.2, -0.15) is 0 Å². The number of nitrogens with one attached hydrogen (secondary N) is 1. The molecule has 5 nitrogen and oxygen atoms in total. The third-order valence-corrected chi connectivity index (χ3v) is 5.92. The van der Waals surface area contributed by atoms with Gasteiger partial charge in [-0.25, -0.2) is 4.98 Å². The lowest BCUT2D eigenvalue weighted by molar-refractivity contribution is -0.122. The average Bonchev–Trinajstić information content (AvgIpc) is 3.55. The summed E-state index contributed by atoms with van der Waals surface area (Å²) in [7, 11) is 0. The molecule has 4 rings (SSSR count). The van der Waals surface area contributed by atoms with E-state index in [1.807, 2.05) is 6.07 Å². The van der Waals surface area contributed by atoms with Gasteiger partial charge in [0.15, 0.2) is 0 Å². The van der Waals surface area contributed by atoms with Crippen LogP contribution in [0.4, 0.5) is 0 Å². The molecule has 0 aliphatic heterocycles. The fourth-order valence-corrected chi connectivity index (χ4v) is 4.03. The van der Waals surface area contributed by atoms with E-state index in [-0.39, 0.29) is 11.8 Å². The van der Waals surface area contributed by atoms with Crippen molar-refractivity contribution >= 4 is 16.9 Å². The highest BCUT2D eigenvalue weighted by Crippen LogP contribution is 2.28. The number of rotatable bonds is 11. The number of carbonyl (C=O) groups is 1. The van der Waals surface area contributed by atoms with Crippen molar-refractivity contribution in [1.82, 2.24) is 14.9 Å². The molecule has 31 heavy (non-hydrogen) atoms. The van der Waals surface area contributed by atoms with Crippen LogP contribution in [0.1, 0.15) is 49.1 Å². The van der Waals surface area contributed by atoms with E-state index in [0.29, 0.717) is 0 Å². The van der Waals surface area contributed by atoms with Gasteiger partial charge in [-0.15, -0.1) is 0 Å². The predicted octanol–water partition coefficient (Wildman–Crippen LogP) is 4.97. The largest absolute Gasteiger partial charge is 0.493 e. The molecule has 1 aromatic heterocycles. The first-order valence-electron chi connectivity index (χ1n) is 11.5. The summed E-state index contributed by atoms with van der Waals surface area (Å²) >= 11 is 0. The highest BCUT2D eigenvalue weighted by molar-refractivity contribution is 5.80. The summed E-state index contributed by atoms with van der Waals surface area (Å²) < 4.78 is 8.33. The van der Waals surface area contributed by atoms with Gasteiger partial charge in [0.2, 0.25) is 5.91 Å². The van der Waals surface area contributed by atoms with Gasteiger partial charge < -0.3 is 14.6 Å². The molecule has 1 fully saturated rings. The molecule has 0 spiro atoms. The third kappa shape index (κ3) is 5.66. The Morgan fingerprint density at radius 3 is 2.77 bits per heavy atom. The fraction of sp³-hybridized carbons (Fsp3) is 0.462. The zero-order valence-electron chi connectivity index (χ0n) is 18.7. The third-order valence-electron chi connectivity index (χ3n) is 5.92. The lowest BCUT2D eigenvalue weighted by atomic mass is 10.1. The molecule has 1 aliphatic carbocycles. The number of aryl methyl sites for hydroxylation is 4. The monoisotopic (exact) mass is 419 g/mol. The predicted molar refractivity (Wildman–Crippen MR) is 124 cm³/mol. The van der Waals surface area contributed by atoms with Crippen molar-refractivity contribution in [2.45, 2.75) is 58.9 Å². The molecule has 0 radical (unpaired) electrons. The van der Waals surface area contributed by atoms with Crippen LogP contribution in [0.5, 0.6) is 5.75 Å². The van der Waals surface area contributed by atoms with Crippen molar-refractivity contribution in [1.29, 1.82) is 0 Å². The Labute approximate surface area is 184 Å². The van der Waals surface area contributed by atoms with Crippen LogP contribution < -0.4 is 10.1 Å². The number of unbranched alkanes of at least 4 members (excludes halogenated alkanes) is 1. The van der Waals surface area contributed by atoms with E-state index in [1.165, 1.54) is 16.6 Å². The quantitative estimate of drug-likeness (QED) is 0.446. The van der Waals surface area contributed by atoms with E-state index in [2.05, 4.69) is 60.1 Å². The molecule has 0 saturated heterocycles. The number of hydrogen-bond acceptors (Lipinski definition) is 3. The zero-order valence-corrected chi connectivity index (χ0v) is 18.7. The maximum atomic E-state index is 11.8. The summed E-state index contributed by atoms with van der Waals surface area (Å²) in [4.78, 5) is 16.7. The summed E-state index contributed by atoms with van der Waals surface area (Å²) in [6.07, 6.45) is 5.92. The van der Waals surface area contributed by atoms with Crippen LogP contribution in [0.15, 0.2) is 42.5 Å². The molecule has 3 aromatic rings. The van der Waals surface area contributed by atoms with E-state index >= 15 is 0 Å². The first-order chi connectivity index (χ1) is 15.1. The number of ether oxygens (including phenoxy) is 1. The Kier molecular flexibility index (Phi) is 6.90. The van der Waals surface area contributed by atoms with Crippen molar-refractivity contribution in [2.24, 2.45) is 5.92 Å². The van der Waals surface area contributed by atoms with E-state index in [9.17, 15) is 4.79 Å². The SMILES string of the molecule is Cc1ccc(OCCCCn2c(CCCNC(=O)C3CC3)nc3ccccc32)c(C)c1. The van der Waals surface area contributed by atoms with Gasteiger partial charge in [-0.3, -0.25) is 4.79 Å². The maximum Gasteiger partial charge on any atom is 0.223 e. The second kappa shape index (κ2) is 9.99. The maximum absolute atomic E-state index is 11.8. The number of benzene rings is 2. The van der Waals surface area contributed by atoms with Gasteiger partial charge in [0.25, 0.3) is 0 Å². The van der Waals surface area contributed by atoms with Gasteiger partial charge in [0, 0.05) is 25.4 Å². The van der Waals surface area contributed by atoms with Gasteiger partial charge in [-0.1, -0.05) is 29.8 Å². The van der Waals surface area contributed by atoms with Crippen molar-refractivity contribution in [3.63, 3.8) is 0 Å². The summed E-state index contributed by atoms with van der Waals surface area (Å²) in [5, 5.41) is 3.06. The molecule has 1 saturated carbocycles. The second-order valence-electron chi connectivity index (χ2n) is 8.66. The molecule has 5 heteroatoms. The summed E-state index contributed by atoms with van der Waals surface area (Å²) in [6, 6.07) is 14.7. The van der Waals surface area contributed by atoms with Crippen LogP contribution in [-0.4, -0.2) is 28.6 Å². The Morgan fingerprint density at radius 2 is 1.97 bits per heavy atom. The van der Waals surface area contributed by atoms with E-state index in [1.54, 1.807) is 0 Å². The molecular weight excluding hydrogens is 386 g/mol. The number of fused-ring (bicyclic) bond motifs is 1. The Bertz CT molecular complexity index is 1040. The smallest absolute Gasteiger partial charge is 0.223 e. The summed E-state index contributed by atoms with van der Waals surface area (Å²) in [5.74, 6) is 2.58. The van der Waals surface area contributed by atoms with Crippen molar-refractivity contribution < 1.29 is 9.53 Å². The number of imidazole rings is 1. The van der Waals surface area contributed by atoms with Gasteiger partial charge >= 0.3 is 0 Å². The second-order valence-corrected chi connectivity index (χ2v) is 8.66. The topological polar surface area (TPSA) is 56.1 Å². The minimum Gasteiger partial charge on any atom is -0.493 e. The van der Waals surface area contributed by atoms with Gasteiger partial charge in [-0.05, 0) is 69.7 Å². The van der Waals surface area contributed by atoms with Crippen LogP contribution >= 0.6 is 0 Å². The first kappa shape index (κ1) is 21.4. The van der Waals surface area contributed by atoms with Gasteiger partial charge in [0.1, 0.15) is 11.6 Å².